The number of cyclic esters (lactones) is 1. The van der Waals surface area contributed by atoms with E-state index in [1.165, 1.54) is 70.6 Å². The van der Waals surface area contributed by atoms with E-state index in [0.717, 1.165) is 103 Å². The first-order chi connectivity index (χ1) is 32.8. The minimum atomic E-state index is -1.13. The summed E-state index contributed by atoms with van der Waals surface area (Å²) >= 11 is 0. The van der Waals surface area contributed by atoms with Gasteiger partial charge in [0.05, 0.1) is 17.9 Å². The molecule has 1 rings (SSSR count). The van der Waals surface area contributed by atoms with Crippen LogP contribution in [0.1, 0.15) is 274 Å². The van der Waals surface area contributed by atoms with Crippen LogP contribution in [0, 0.1) is 23.7 Å². The zero-order chi connectivity index (χ0) is 50.4. The lowest BCUT2D eigenvalue weighted by Crippen LogP contribution is -2.50. The number of unbranched alkanes of at least 4 members (excludes halogenated alkanes) is 22. The van der Waals surface area contributed by atoms with Crippen LogP contribution in [0.5, 0.6) is 0 Å². The number of aliphatic hydroxyl groups is 1. The summed E-state index contributed by atoms with van der Waals surface area (Å²) in [4.78, 5) is 66.5. The molecule has 0 saturated carbocycles. The number of esters is 3. The second kappa shape index (κ2) is 41.0. The van der Waals surface area contributed by atoms with Gasteiger partial charge in [-0.25, -0.2) is 9.59 Å². The normalized spacial score (nSPS) is 17.4. The quantitative estimate of drug-likeness (QED) is 0.0234. The largest absolute Gasteiger partial charge is 0.461 e. The summed E-state index contributed by atoms with van der Waals surface area (Å²) in [6, 6.07) is -1.72. The summed E-state index contributed by atoms with van der Waals surface area (Å²) in [5.41, 5.74) is 0. The van der Waals surface area contributed by atoms with E-state index in [1.807, 2.05) is 27.7 Å². The molecule has 0 bridgehead atoms. The average Bonchev–Trinajstić information content (AvgIpc) is 3.29. The van der Waals surface area contributed by atoms with Crippen molar-refractivity contribution < 1.29 is 43.3 Å². The minimum Gasteiger partial charge on any atom is -0.461 e. The molecule has 0 radical (unpaired) electrons. The summed E-state index contributed by atoms with van der Waals surface area (Å²) in [5.74, 6) is -2.39. The number of carbonyl (C=O) groups is 5. The minimum absolute atomic E-state index is 0.0653. The number of ether oxygens (including phenoxy) is 3. The fourth-order valence-electron chi connectivity index (χ4n) is 9.75. The first-order valence-electron chi connectivity index (χ1n) is 28.6. The highest BCUT2D eigenvalue weighted by Crippen LogP contribution is 2.33. The van der Waals surface area contributed by atoms with E-state index < -0.39 is 54.2 Å². The summed E-state index contributed by atoms with van der Waals surface area (Å²) in [6.45, 7) is 16.7. The van der Waals surface area contributed by atoms with Gasteiger partial charge in [-0.05, 0) is 63.2 Å². The van der Waals surface area contributed by atoms with Gasteiger partial charge < -0.3 is 30.0 Å². The van der Waals surface area contributed by atoms with Crippen LogP contribution >= 0.6 is 0 Å². The van der Waals surface area contributed by atoms with Crippen molar-refractivity contribution >= 4 is 30.2 Å². The molecule has 1 aliphatic rings. The van der Waals surface area contributed by atoms with Crippen molar-refractivity contribution in [3.05, 3.63) is 0 Å². The Kier molecular flexibility index (Phi) is 38.2. The van der Waals surface area contributed by atoms with Crippen LogP contribution < -0.4 is 10.6 Å². The summed E-state index contributed by atoms with van der Waals surface area (Å²) in [7, 11) is 0. The predicted molar refractivity (Wildman–Crippen MR) is 277 cm³/mol. The molecular formula is C57H106N2O9. The third kappa shape index (κ3) is 30.1. The van der Waals surface area contributed by atoms with E-state index in [-0.39, 0.29) is 36.2 Å². The molecule has 68 heavy (non-hydrogen) atoms. The molecular weight excluding hydrogens is 857 g/mol. The molecule has 3 N–H and O–H groups in total. The molecule has 0 unspecified atom stereocenters. The fraction of sp³-hybridized carbons (Fsp3) is 0.912. The first kappa shape index (κ1) is 63.3. The molecule has 0 aromatic carbocycles. The molecule has 11 nitrogen and oxygen atoms in total. The Morgan fingerprint density at radius 2 is 0.985 bits per heavy atom. The number of rotatable bonds is 47. The summed E-state index contributed by atoms with van der Waals surface area (Å²) in [6.07, 6.45) is 30.5. The van der Waals surface area contributed by atoms with Crippen molar-refractivity contribution in [3.8, 4) is 0 Å². The second-order valence-corrected chi connectivity index (χ2v) is 21.4. The van der Waals surface area contributed by atoms with E-state index in [1.54, 1.807) is 0 Å². The zero-order valence-electron chi connectivity index (χ0n) is 45.1. The highest BCUT2D eigenvalue weighted by Gasteiger charge is 2.44. The van der Waals surface area contributed by atoms with Gasteiger partial charge in [0, 0.05) is 12.8 Å². The Morgan fingerprint density at radius 1 is 0.574 bits per heavy atom. The standard InChI is InChI=1S/C57H106N2O9/c1-9-13-17-21-23-25-27-29-31-35-46(66-56(64)50(58-43-60)39-44(5)6)41-52(61)48(37-33-19-15-11-3)54(62)59-51(40-45(7)8)57(65)67-47(36-32-30-28-26-24-22-18-14-10-2)42-53-49(55(63)68-53)38-34-20-16-12-4/h43-53,61H,9-42H2,1-8H3,(H,58,60)(H,59,62)/t46-,47-,48-,49-,50-,51-,52-,53-/m1/s1. The molecule has 1 heterocycles. The van der Waals surface area contributed by atoms with Gasteiger partial charge >= 0.3 is 17.9 Å². The van der Waals surface area contributed by atoms with Crippen LogP contribution in [0.25, 0.3) is 0 Å². The monoisotopic (exact) mass is 963 g/mol. The molecule has 0 aromatic rings. The van der Waals surface area contributed by atoms with Crippen molar-refractivity contribution in [1.29, 1.82) is 0 Å². The molecule has 0 aromatic heterocycles. The number of hydrogen-bond acceptors (Lipinski definition) is 9. The van der Waals surface area contributed by atoms with Crippen LogP contribution in [-0.4, -0.2) is 71.8 Å². The third-order valence-corrected chi connectivity index (χ3v) is 14.0. The Balaban J connectivity index is 3.28. The predicted octanol–water partition coefficient (Wildman–Crippen LogP) is 13.6. The molecule has 11 heteroatoms. The van der Waals surface area contributed by atoms with Gasteiger partial charge in [0.15, 0.2) is 0 Å². The fourth-order valence-corrected chi connectivity index (χ4v) is 9.75. The summed E-state index contributed by atoms with van der Waals surface area (Å²) < 4.78 is 18.1. The number of aliphatic hydroxyl groups excluding tert-OH is 1. The Hall–Kier alpha value is -2.69. The Labute approximate surface area is 416 Å². The zero-order valence-corrected chi connectivity index (χ0v) is 45.1. The maximum Gasteiger partial charge on any atom is 0.328 e. The van der Waals surface area contributed by atoms with E-state index in [0.29, 0.717) is 44.9 Å². The van der Waals surface area contributed by atoms with Crippen LogP contribution in [-0.2, 0) is 38.2 Å². The Morgan fingerprint density at radius 3 is 1.47 bits per heavy atom. The van der Waals surface area contributed by atoms with Gasteiger partial charge in [0.2, 0.25) is 12.3 Å². The molecule has 398 valence electrons. The SMILES string of the molecule is CCCCCCCCCCC[C@H](C[C@@H](O)[C@@H](CCCCCC)C(=O)N[C@H](CC(C)C)C(=O)O[C@H](CCCCCCCCCCC)C[C@H]1OC(=O)[C@@H]1CCCCCC)OC(=O)[C@@H](CC(C)C)NC=O. The van der Waals surface area contributed by atoms with Gasteiger partial charge in [0.1, 0.15) is 30.4 Å². The number of nitrogens with one attached hydrogen (secondary N) is 2. The number of carbonyl (C=O) groups excluding carboxylic acids is 5. The van der Waals surface area contributed by atoms with Crippen molar-refractivity contribution in [2.24, 2.45) is 23.7 Å². The number of hydrogen-bond donors (Lipinski definition) is 3. The van der Waals surface area contributed by atoms with Gasteiger partial charge in [0.25, 0.3) is 0 Å². The average molecular weight is 963 g/mol. The lowest BCUT2D eigenvalue weighted by atomic mass is 9.86. The third-order valence-electron chi connectivity index (χ3n) is 14.0. The summed E-state index contributed by atoms with van der Waals surface area (Å²) in [5, 5.41) is 17.7. The van der Waals surface area contributed by atoms with Crippen LogP contribution in [0.3, 0.4) is 0 Å². The van der Waals surface area contributed by atoms with Gasteiger partial charge in [-0.2, -0.15) is 0 Å². The van der Waals surface area contributed by atoms with E-state index >= 15 is 0 Å². The maximum absolute atomic E-state index is 14.5. The maximum atomic E-state index is 14.5. The lowest BCUT2D eigenvalue weighted by molar-refractivity contribution is -0.190. The van der Waals surface area contributed by atoms with Crippen molar-refractivity contribution in [3.63, 3.8) is 0 Å². The van der Waals surface area contributed by atoms with Gasteiger partial charge in [-0.3, -0.25) is 14.4 Å². The topological polar surface area (TPSA) is 157 Å². The molecule has 1 aliphatic heterocycles. The van der Waals surface area contributed by atoms with Crippen molar-refractivity contribution in [2.45, 2.75) is 310 Å². The molecule has 8 atom stereocenters. The number of amides is 2. The van der Waals surface area contributed by atoms with E-state index in [9.17, 15) is 29.1 Å². The van der Waals surface area contributed by atoms with Crippen molar-refractivity contribution in [2.75, 3.05) is 0 Å². The van der Waals surface area contributed by atoms with E-state index in [2.05, 4.69) is 38.3 Å². The van der Waals surface area contributed by atoms with Crippen LogP contribution in [0.4, 0.5) is 0 Å². The second-order valence-electron chi connectivity index (χ2n) is 21.4. The highest BCUT2D eigenvalue weighted by atomic mass is 16.6. The van der Waals surface area contributed by atoms with Gasteiger partial charge in [-0.15, -0.1) is 0 Å². The van der Waals surface area contributed by atoms with Crippen LogP contribution in [0.15, 0.2) is 0 Å². The molecule has 1 saturated heterocycles. The molecule has 1 fully saturated rings. The first-order valence-corrected chi connectivity index (χ1v) is 28.6. The molecule has 0 spiro atoms. The lowest BCUT2D eigenvalue weighted by Gasteiger charge is -2.37. The van der Waals surface area contributed by atoms with Crippen molar-refractivity contribution in [1.82, 2.24) is 10.6 Å². The van der Waals surface area contributed by atoms with E-state index in [4.69, 9.17) is 14.2 Å². The highest BCUT2D eigenvalue weighted by molar-refractivity contribution is 5.86. The molecule has 0 aliphatic carbocycles. The van der Waals surface area contributed by atoms with Crippen LogP contribution in [0.2, 0.25) is 0 Å². The molecule has 2 amide bonds. The van der Waals surface area contributed by atoms with Gasteiger partial charge in [-0.1, -0.05) is 209 Å². The Bertz CT molecular complexity index is 1290. The smallest absolute Gasteiger partial charge is 0.328 e.